The van der Waals surface area contributed by atoms with Gasteiger partial charge in [0.25, 0.3) is 0 Å². The van der Waals surface area contributed by atoms with Gasteiger partial charge in [0.1, 0.15) is 24.1 Å². The first kappa shape index (κ1) is 19.3. The minimum atomic E-state index is -1.39. The van der Waals surface area contributed by atoms with Gasteiger partial charge in [0.05, 0.1) is 5.57 Å². The van der Waals surface area contributed by atoms with Crippen molar-refractivity contribution in [3.8, 4) is 0 Å². The molecular weight excluding hydrogens is 324 g/mol. The molecule has 0 aromatic rings. The van der Waals surface area contributed by atoms with Crippen LogP contribution in [0.5, 0.6) is 0 Å². The van der Waals surface area contributed by atoms with Crippen LogP contribution in [0.1, 0.15) is 39.5 Å². The Morgan fingerprint density at radius 1 is 1.20 bits per heavy atom. The monoisotopic (exact) mass is 348 g/mol. The van der Waals surface area contributed by atoms with Crippen LogP contribution in [0.2, 0.25) is 0 Å². The van der Waals surface area contributed by atoms with E-state index in [0.717, 1.165) is 5.57 Å². The summed E-state index contributed by atoms with van der Waals surface area (Å²) in [5, 5.41) is 20.3. The smallest absolute Gasteiger partial charge is 0.336 e. The second kappa shape index (κ2) is 7.89. The van der Waals surface area contributed by atoms with Gasteiger partial charge in [-0.15, -0.1) is 0 Å². The first-order valence-corrected chi connectivity index (χ1v) is 8.34. The summed E-state index contributed by atoms with van der Waals surface area (Å²) in [4.78, 5) is 36.2. The predicted octanol–water partition coefficient (Wildman–Crippen LogP) is 1.41. The van der Waals surface area contributed by atoms with Crippen LogP contribution in [0.4, 0.5) is 0 Å². The summed E-state index contributed by atoms with van der Waals surface area (Å²) in [6.45, 7) is 7.29. The van der Waals surface area contributed by atoms with Crippen molar-refractivity contribution >= 4 is 17.5 Å². The van der Waals surface area contributed by atoms with E-state index < -0.39 is 30.1 Å². The summed E-state index contributed by atoms with van der Waals surface area (Å²) >= 11 is 0. The number of allylic oxidation sites excluding steroid dienone is 2. The van der Waals surface area contributed by atoms with Crippen molar-refractivity contribution < 1.29 is 29.3 Å². The number of hydrogen-bond acceptors (Lipinski definition) is 6. The maximum Gasteiger partial charge on any atom is 0.336 e. The summed E-state index contributed by atoms with van der Waals surface area (Å²) in [5.74, 6) is -1.63. The van der Waals surface area contributed by atoms with Gasteiger partial charge in [0, 0.05) is 19.3 Å². The molecule has 6 heteroatoms. The number of carbonyl (C=O) groups is 3. The van der Waals surface area contributed by atoms with Crippen LogP contribution >= 0.6 is 0 Å². The number of esters is 1. The molecule has 25 heavy (non-hydrogen) atoms. The summed E-state index contributed by atoms with van der Waals surface area (Å²) < 4.78 is 5.20. The number of ketones is 2. The molecule has 1 saturated heterocycles. The molecule has 0 amide bonds. The standard InChI is InChI=1S/C19H24O6/c1-10(2)12-4-5-14-18(23)17(25-19(14)24)7-11(3)6-15(21)16(22)9-13(20)8-12/h5-6,12,16-18,22-23H,1,4,7-9H2,2-3H3/b11-6+,14-5-/t12-,16-,17+,18-/m0/s1. The van der Waals surface area contributed by atoms with E-state index in [4.69, 9.17) is 4.74 Å². The molecule has 2 bridgehead atoms. The van der Waals surface area contributed by atoms with E-state index in [0.29, 0.717) is 12.0 Å². The third-order valence-corrected chi connectivity index (χ3v) is 4.62. The van der Waals surface area contributed by atoms with Crippen LogP contribution in [0.15, 0.2) is 35.5 Å². The fourth-order valence-corrected chi connectivity index (χ4v) is 3.07. The number of fused-ring (bicyclic) bond motifs is 2. The molecule has 2 aliphatic rings. The van der Waals surface area contributed by atoms with Crippen molar-refractivity contribution in [1.29, 1.82) is 0 Å². The zero-order valence-corrected chi connectivity index (χ0v) is 14.5. The molecule has 1 aliphatic carbocycles. The fraction of sp³-hybridized carbons (Fsp3) is 0.526. The Morgan fingerprint density at radius 2 is 1.88 bits per heavy atom. The average molecular weight is 348 g/mol. The van der Waals surface area contributed by atoms with Crippen LogP contribution in [0, 0.1) is 5.92 Å². The number of Topliss-reactive ketones (excluding diaryl/α,β-unsaturated/α-hetero) is 1. The Bertz CT molecular complexity index is 657. The minimum absolute atomic E-state index is 0.112. The first-order valence-electron chi connectivity index (χ1n) is 8.34. The molecule has 1 aliphatic heterocycles. The third kappa shape index (κ3) is 4.74. The summed E-state index contributed by atoms with van der Waals surface area (Å²) in [5.41, 5.74) is 1.50. The number of rotatable bonds is 1. The van der Waals surface area contributed by atoms with Crippen molar-refractivity contribution in [2.75, 3.05) is 0 Å². The lowest BCUT2D eigenvalue weighted by Gasteiger charge is -2.17. The van der Waals surface area contributed by atoms with Crippen LogP contribution < -0.4 is 0 Å². The first-order chi connectivity index (χ1) is 11.7. The Morgan fingerprint density at radius 3 is 2.52 bits per heavy atom. The van der Waals surface area contributed by atoms with Gasteiger partial charge in [0.15, 0.2) is 5.78 Å². The lowest BCUT2D eigenvalue weighted by molar-refractivity contribution is -0.139. The van der Waals surface area contributed by atoms with Gasteiger partial charge in [-0.3, -0.25) is 9.59 Å². The second-order valence-electron chi connectivity index (χ2n) is 6.89. The number of hydrogen-bond donors (Lipinski definition) is 2. The maximum atomic E-state index is 12.2. The SMILES string of the molecule is C=C(C)[C@H]1C/C=C2\C(=O)O[C@H](C/C(C)=C/C(=O)[C@@H](O)CC(=O)C1)[C@H]2O. The van der Waals surface area contributed by atoms with E-state index in [1.54, 1.807) is 19.9 Å². The maximum absolute atomic E-state index is 12.2. The average Bonchev–Trinajstić information content (AvgIpc) is 2.76. The highest BCUT2D eigenvalue weighted by Gasteiger charge is 2.38. The quantitative estimate of drug-likeness (QED) is 0.549. The summed E-state index contributed by atoms with van der Waals surface area (Å²) in [6.07, 6.45) is 0.0140. The highest BCUT2D eigenvalue weighted by atomic mass is 16.6. The minimum Gasteiger partial charge on any atom is -0.455 e. The van der Waals surface area contributed by atoms with E-state index in [2.05, 4.69) is 6.58 Å². The molecule has 0 spiro atoms. The van der Waals surface area contributed by atoms with Crippen molar-refractivity contribution in [3.05, 3.63) is 35.5 Å². The van der Waals surface area contributed by atoms with Gasteiger partial charge in [0.2, 0.25) is 0 Å². The second-order valence-corrected chi connectivity index (χ2v) is 6.89. The van der Waals surface area contributed by atoms with Crippen LogP contribution in [-0.2, 0) is 19.1 Å². The molecule has 0 unspecified atom stereocenters. The fourth-order valence-electron chi connectivity index (χ4n) is 3.07. The van der Waals surface area contributed by atoms with Gasteiger partial charge < -0.3 is 14.9 Å². The van der Waals surface area contributed by atoms with E-state index in [-0.39, 0.29) is 36.5 Å². The lowest BCUT2D eigenvalue weighted by Crippen LogP contribution is -2.25. The van der Waals surface area contributed by atoms with Crippen molar-refractivity contribution in [3.63, 3.8) is 0 Å². The Hall–Kier alpha value is -2.05. The Kier molecular flexibility index (Phi) is 6.08. The molecule has 2 N–H and O–H groups in total. The van der Waals surface area contributed by atoms with Crippen molar-refractivity contribution in [2.24, 2.45) is 5.92 Å². The van der Waals surface area contributed by atoms with Gasteiger partial charge in [-0.25, -0.2) is 4.79 Å². The lowest BCUT2D eigenvalue weighted by atomic mass is 9.88. The third-order valence-electron chi connectivity index (χ3n) is 4.62. The van der Waals surface area contributed by atoms with E-state index >= 15 is 0 Å². The predicted molar refractivity (Wildman–Crippen MR) is 90.5 cm³/mol. The van der Waals surface area contributed by atoms with Gasteiger partial charge in [-0.2, -0.15) is 0 Å². The Labute approximate surface area is 146 Å². The topological polar surface area (TPSA) is 101 Å². The molecule has 1 heterocycles. The summed E-state index contributed by atoms with van der Waals surface area (Å²) in [6, 6.07) is 0. The number of aliphatic hydroxyl groups excluding tert-OH is 2. The van der Waals surface area contributed by atoms with E-state index in [1.807, 2.05) is 0 Å². The van der Waals surface area contributed by atoms with Crippen LogP contribution in [-0.4, -0.2) is 46.1 Å². The molecule has 6 nitrogen and oxygen atoms in total. The molecule has 0 aromatic heterocycles. The molecule has 4 atom stereocenters. The Balaban J connectivity index is 2.35. The van der Waals surface area contributed by atoms with E-state index in [1.165, 1.54) is 6.08 Å². The molecule has 0 radical (unpaired) electrons. The van der Waals surface area contributed by atoms with Crippen molar-refractivity contribution in [1.82, 2.24) is 0 Å². The number of ether oxygens (including phenoxy) is 1. The molecular formula is C19H24O6. The molecule has 0 aromatic carbocycles. The number of carbonyl (C=O) groups excluding carboxylic acids is 3. The summed E-state index contributed by atoms with van der Waals surface area (Å²) in [7, 11) is 0. The van der Waals surface area contributed by atoms with Gasteiger partial charge >= 0.3 is 5.97 Å². The zero-order valence-electron chi connectivity index (χ0n) is 14.5. The normalized spacial score (nSPS) is 35.9. The molecule has 0 saturated carbocycles. The van der Waals surface area contributed by atoms with Gasteiger partial charge in [-0.1, -0.05) is 23.8 Å². The molecule has 2 rings (SSSR count). The number of aliphatic hydroxyl groups is 2. The molecule has 136 valence electrons. The largest absolute Gasteiger partial charge is 0.455 e. The zero-order chi connectivity index (χ0) is 18.7. The highest BCUT2D eigenvalue weighted by molar-refractivity contribution is 5.97. The highest BCUT2D eigenvalue weighted by Crippen LogP contribution is 2.29. The van der Waals surface area contributed by atoms with Crippen molar-refractivity contribution in [2.45, 2.75) is 57.8 Å². The van der Waals surface area contributed by atoms with Crippen LogP contribution in [0.3, 0.4) is 0 Å². The van der Waals surface area contributed by atoms with E-state index in [9.17, 15) is 24.6 Å². The molecule has 1 fully saturated rings. The van der Waals surface area contributed by atoms with Crippen LogP contribution in [0.25, 0.3) is 0 Å². The van der Waals surface area contributed by atoms with Gasteiger partial charge in [-0.05, 0) is 32.3 Å².